The maximum absolute atomic E-state index is 3.68. The van der Waals surface area contributed by atoms with Crippen molar-refractivity contribution in [3.8, 4) is 0 Å². The van der Waals surface area contributed by atoms with Crippen molar-refractivity contribution in [2.75, 3.05) is 0 Å². The van der Waals surface area contributed by atoms with E-state index in [0.717, 1.165) is 19.3 Å². The Morgan fingerprint density at radius 3 is 0.765 bits per heavy atom. The minimum absolute atomic E-state index is 0. The third-order valence-electron chi connectivity index (χ3n) is 1.81. The molecule has 0 aliphatic carbocycles. The normalized spacial score (nSPS) is 7.41. The Morgan fingerprint density at radius 1 is 0.588 bits per heavy atom. The van der Waals surface area contributed by atoms with Crippen LogP contribution in [0.1, 0.15) is 78.6 Å². The van der Waals surface area contributed by atoms with Gasteiger partial charge in [-0.3, -0.25) is 0 Å². The molecule has 0 rings (SSSR count). The van der Waals surface area contributed by atoms with Crippen molar-refractivity contribution < 1.29 is 31.7 Å². The number of hydrogen-bond acceptors (Lipinski definition) is 1. The first kappa shape index (κ1) is 30.7. The molecule has 0 aromatic carbocycles. The van der Waals surface area contributed by atoms with Crippen molar-refractivity contribution >= 4 is 0 Å². The van der Waals surface area contributed by atoms with Gasteiger partial charge in [-0.05, 0) is 0 Å². The van der Waals surface area contributed by atoms with Crippen LogP contribution in [0.25, 0.3) is 0 Å². The van der Waals surface area contributed by atoms with Gasteiger partial charge < -0.3 is 26.2 Å². The van der Waals surface area contributed by atoms with Crippen molar-refractivity contribution in [1.82, 2.24) is 0 Å². The SMILES string of the molecule is [CH2-]CCCC.[CH2-]CCCC.[CH2-]CCCC.[OH-].[Zr+4]. The van der Waals surface area contributed by atoms with E-state index in [1.807, 2.05) is 0 Å². The average Bonchev–Trinajstić information content (AvgIpc) is 2.23. The van der Waals surface area contributed by atoms with Gasteiger partial charge in [-0.2, -0.15) is 19.3 Å². The molecule has 1 nitrogen and oxygen atoms in total. The minimum atomic E-state index is 0. The predicted octanol–water partition coefficient (Wildman–Crippen LogP) is 5.85. The van der Waals surface area contributed by atoms with Gasteiger partial charge in [-0.15, -0.1) is 0 Å². The van der Waals surface area contributed by atoms with Crippen molar-refractivity contribution in [3.05, 3.63) is 20.8 Å². The van der Waals surface area contributed by atoms with Crippen LogP contribution in [0.3, 0.4) is 0 Å². The van der Waals surface area contributed by atoms with Crippen LogP contribution in [-0.2, 0) is 26.2 Å². The molecule has 0 amide bonds. The molecule has 0 aromatic rings. The largest absolute Gasteiger partial charge is 4.00 e. The van der Waals surface area contributed by atoms with E-state index < -0.39 is 0 Å². The van der Waals surface area contributed by atoms with E-state index >= 15 is 0 Å². The fraction of sp³-hybridized carbons (Fsp3) is 0.800. The summed E-state index contributed by atoms with van der Waals surface area (Å²) >= 11 is 0. The molecule has 104 valence electrons. The molecule has 0 saturated carbocycles. The summed E-state index contributed by atoms with van der Waals surface area (Å²) in [4.78, 5) is 0. The van der Waals surface area contributed by atoms with Crippen LogP contribution in [-0.4, -0.2) is 5.48 Å². The molecule has 0 saturated heterocycles. The average molecular weight is 322 g/mol. The third kappa shape index (κ3) is 79.2. The van der Waals surface area contributed by atoms with Crippen LogP contribution in [0.2, 0.25) is 0 Å². The zero-order valence-electron chi connectivity index (χ0n) is 12.4. The Morgan fingerprint density at radius 2 is 0.765 bits per heavy atom. The van der Waals surface area contributed by atoms with Gasteiger partial charge in [0, 0.05) is 0 Å². The van der Waals surface area contributed by atoms with Gasteiger partial charge in [-0.1, -0.05) is 59.3 Å². The Kier molecular flexibility index (Phi) is 78.8. The van der Waals surface area contributed by atoms with Gasteiger partial charge in [0.05, 0.1) is 0 Å². The first-order chi connectivity index (χ1) is 7.24. The monoisotopic (exact) mass is 320 g/mol. The topological polar surface area (TPSA) is 30.0 Å². The molecule has 0 spiro atoms. The Labute approximate surface area is 131 Å². The predicted molar refractivity (Wildman–Crippen MR) is 76.6 cm³/mol. The number of unbranched alkanes of at least 4 members (excludes halogenated alkanes) is 6. The molecule has 1 N–H and O–H groups in total. The molecule has 0 atom stereocenters. The first-order valence-electron chi connectivity index (χ1n) is 6.62. The van der Waals surface area contributed by atoms with Crippen molar-refractivity contribution in [1.29, 1.82) is 0 Å². The fourth-order valence-electron chi connectivity index (χ4n) is 0.750. The summed E-state index contributed by atoms with van der Waals surface area (Å²) in [5.74, 6) is 0. The Hall–Kier alpha value is 0.843. The summed E-state index contributed by atoms with van der Waals surface area (Å²) in [5.41, 5.74) is 0. The third-order valence-corrected chi connectivity index (χ3v) is 1.81. The second kappa shape index (κ2) is 43.6. The van der Waals surface area contributed by atoms with Crippen LogP contribution < -0.4 is 0 Å². The molecule has 0 radical (unpaired) electrons. The molecule has 0 bridgehead atoms. The summed E-state index contributed by atoms with van der Waals surface area (Å²) < 4.78 is 0. The fourth-order valence-corrected chi connectivity index (χ4v) is 0.750. The van der Waals surface area contributed by atoms with Gasteiger partial charge in [0.25, 0.3) is 0 Å². The maximum Gasteiger partial charge on any atom is 4.00 e. The van der Waals surface area contributed by atoms with E-state index in [2.05, 4.69) is 41.5 Å². The molecule has 0 fully saturated rings. The Bertz CT molecular complexity index is 47.7. The van der Waals surface area contributed by atoms with Crippen LogP contribution in [0.4, 0.5) is 0 Å². The minimum Gasteiger partial charge on any atom is -0.870 e. The van der Waals surface area contributed by atoms with E-state index in [4.69, 9.17) is 0 Å². The van der Waals surface area contributed by atoms with Gasteiger partial charge in [0.2, 0.25) is 0 Å². The Balaban J connectivity index is -0.0000000400. The summed E-state index contributed by atoms with van der Waals surface area (Å²) in [6, 6.07) is 0. The second-order valence-electron chi connectivity index (χ2n) is 3.62. The molecule has 0 aromatic heterocycles. The second-order valence-corrected chi connectivity index (χ2v) is 3.62. The molecule has 17 heavy (non-hydrogen) atoms. The molecule has 2 heteroatoms. The van der Waals surface area contributed by atoms with Gasteiger partial charge >= 0.3 is 26.2 Å². The standard InChI is InChI=1S/3C5H11.H2O.Zr/c3*1-3-5-4-2;;/h3*1,3-5H2,2H3;1H2;/q3*-1;;+4/p-1. The van der Waals surface area contributed by atoms with E-state index in [-0.39, 0.29) is 31.7 Å². The summed E-state index contributed by atoms with van der Waals surface area (Å²) in [6.07, 6.45) is 11.0. The molecular formula is C15H34OZr. The number of hydrogen-bond donors (Lipinski definition) is 0. The van der Waals surface area contributed by atoms with E-state index in [0.29, 0.717) is 0 Å². The molecular weight excluding hydrogens is 287 g/mol. The van der Waals surface area contributed by atoms with Gasteiger partial charge in [-0.25, -0.2) is 0 Å². The van der Waals surface area contributed by atoms with Gasteiger partial charge in [0.1, 0.15) is 0 Å². The summed E-state index contributed by atoms with van der Waals surface area (Å²) in [5, 5.41) is 0. The quantitative estimate of drug-likeness (QED) is 0.564. The van der Waals surface area contributed by atoms with Crippen LogP contribution >= 0.6 is 0 Å². The van der Waals surface area contributed by atoms with E-state index in [9.17, 15) is 0 Å². The van der Waals surface area contributed by atoms with Crippen LogP contribution in [0.5, 0.6) is 0 Å². The van der Waals surface area contributed by atoms with Crippen molar-refractivity contribution in [2.45, 2.75) is 78.6 Å². The number of rotatable bonds is 6. The first-order valence-corrected chi connectivity index (χ1v) is 6.62. The van der Waals surface area contributed by atoms with Crippen LogP contribution in [0, 0.1) is 20.8 Å². The molecule has 0 aliphatic heterocycles. The maximum atomic E-state index is 3.68. The molecule has 0 heterocycles. The van der Waals surface area contributed by atoms with Gasteiger partial charge in [0.15, 0.2) is 0 Å². The van der Waals surface area contributed by atoms with E-state index in [1.54, 1.807) is 0 Å². The summed E-state index contributed by atoms with van der Waals surface area (Å²) in [6.45, 7) is 17.5. The summed E-state index contributed by atoms with van der Waals surface area (Å²) in [7, 11) is 0. The van der Waals surface area contributed by atoms with Crippen LogP contribution in [0.15, 0.2) is 0 Å². The zero-order chi connectivity index (χ0) is 12.4. The van der Waals surface area contributed by atoms with E-state index in [1.165, 1.54) is 38.5 Å². The smallest absolute Gasteiger partial charge is 0.870 e. The van der Waals surface area contributed by atoms with Crippen molar-refractivity contribution in [3.63, 3.8) is 0 Å². The molecule has 0 aliphatic rings. The van der Waals surface area contributed by atoms with Crippen molar-refractivity contribution in [2.24, 2.45) is 0 Å². The zero-order valence-corrected chi connectivity index (χ0v) is 14.9. The molecule has 0 unspecified atom stereocenters.